The minimum atomic E-state index is 0.712. The first-order chi connectivity index (χ1) is 7.29. The van der Waals surface area contributed by atoms with Gasteiger partial charge in [0.05, 0.1) is 0 Å². The van der Waals surface area contributed by atoms with Crippen molar-refractivity contribution in [2.24, 2.45) is 11.3 Å². The Morgan fingerprint density at radius 3 is 1.80 bits per heavy atom. The molecule has 1 saturated carbocycles. The molecule has 0 unspecified atom stereocenters. The van der Waals surface area contributed by atoms with E-state index in [0.717, 1.165) is 5.92 Å². The minimum Gasteiger partial charge on any atom is -0.0654 e. The Balaban J connectivity index is 2.66. The van der Waals surface area contributed by atoms with Gasteiger partial charge in [0.2, 0.25) is 0 Å². The summed E-state index contributed by atoms with van der Waals surface area (Å²) in [5, 5.41) is 0. The van der Waals surface area contributed by atoms with E-state index < -0.39 is 0 Å². The second-order valence-corrected chi connectivity index (χ2v) is 5.55. The van der Waals surface area contributed by atoms with Gasteiger partial charge in [-0.3, -0.25) is 0 Å². The summed E-state index contributed by atoms with van der Waals surface area (Å²) in [6.07, 6.45) is 14.7. The van der Waals surface area contributed by atoms with Crippen LogP contribution >= 0.6 is 0 Å². The zero-order valence-corrected chi connectivity index (χ0v) is 11.1. The van der Waals surface area contributed by atoms with Crippen LogP contribution in [0.25, 0.3) is 0 Å². The predicted octanol–water partition coefficient (Wildman–Crippen LogP) is 5.56. The topological polar surface area (TPSA) is 0 Å². The molecule has 0 aromatic rings. The molecule has 1 rings (SSSR count). The van der Waals surface area contributed by atoms with Crippen molar-refractivity contribution in [2.45, 2.75) is 85.0 Å². The first-order valence-corrected chi connectivity index (χ1v) is 7.29. The largest absolute Gasteiger partial charge is 0.0654 e. The highest BCUT2D eigenvalue weighted by Crippen LogP contribution is 2.47. The van der Waals surface area contributed by atoms with Crippen LogP contribution in [0.5, 0.6) is 0 Å². The van der Waals surface area contributed by atoms with Crippen LogP contribution in [0.4, 0.5) is 0 Å². The van der Waals surface area contributed by atoms with Crippen molar-refractivity contribution in [3.63, 3.8) is 0 Å². The van der Waals surface area contributed by atoms with Crippen LogP contribution in [0.15, 0.2) is 0 Å². The van der Waals surface area contributed by atoms with Crippen LogP contribution in [0.1, 0.15) is 85.0 Å². The maximum atomic E-state index is 2.43. The molecule has 1 fully saturated rings. The van der Waals surface area contributed by atoms with Crippen LogP contribution in [-0.2, 0) is 0 Å². The second kappa shape index (κ2) is 6.55. The molecule has 0 saturated heterocycles. The summed E-state index contributed by atoms with van der Waals surface area (Å²) in [6.45, 7) is 7.16. The lowest BCUT2D eigenvalue weighted by Gasteiger charge is -2.42. The molecule has 0 spiro atoms. The van der Waals surface area contributed by atoms with Crippen LogP contribution in [0.2, 0.25) is 0 Å². The van der Waals surface area contributed by atoms with Gasteiger partial charge < -0.3 is 0 Å². The molecule has 0 heteroatoms. The van der Waals surface area contributed by atoms with E-state index in [0.29, 0.717) is 5.41 Å². The van der Waals surface area contributed by atoms with Crippen molar-refractivity contribution in [1.29, 1.82) is 0 Å². The van der Waals surface area contributed by atoms with Gasteiger partial charge in [-0.2, -0.15) is 0 Å². The fourth-order valence-corrected chi connectivity index (χ4v) is 3.89. The molecule has 90 valence electrons. The zero-order valence-electron chi connectivity index (χ0n) is 11.1. The minimum absolute atomic E-state index is 0.712. The summed E-state index contributed by atoms with van der Waals surface area (Å²) in [5.74, 6) is 1.05. The van der Waals surface area contributed by atoms with E-state index in [1.165, 1.54) is 64.2 Å². The summed E-state index contributed by atoms with van der Waals surface area (Å²) < 4.78 is 0. The monoisotopic (exact) mass is 210 g/mol. The van der Waals surface area contributed by atoms with E-state index >= 15 is 0 Å². The SMILES string of the molecule is CCCC(CC)(CCC)C1CCCCC1. The van der Waals surface area contributed by atoms with Gasteiger partial charge in [0.15, 0.2) is 0 Å². The Bertz CT molecular complexity index is 147. The number of rotatable bonds is 6. The molecule has 1 aliphatic rings. The third-order valence-corrected chi connectivity index (χ3v) is 4.67. The summed E-state index contributed by atoms with van der Waals surface area (Å²) in [5.41, 5.74) is 0.712. The first kappa shape index (κ1) is 13.1. The third kappa shape index (κ3) is 3.23. The lowest BCUT2D eigenvalue weighted by atomic mass is 9.63. The van der Waals surface area contributed by atoms with Crippen molar-refractivity contribution in [2.75, 3.05) is 0 Å². The van der Waals surface area contributed by atoms with Gasteiger partial charge in [-0.05, 0) is 37.0 Å². The molecule has 0 aromatic carbocycles. The molecule has 0 heterocycles. The van der Waals surface area contributed by atoms with Gasteiger partial charge in [0.1, 0.15) is 0 Å². The Hall–Kier alpha value is 0. The van der Waals surface area contributed by atoms with Crippen molar-refractivity contribution in [3.8, 4) is 0 Å². The molecule has 0 atom stereocenters. The van der Waals surface area contributed by atoms with Crippen molar-refractivity contribution < 1.29 is 0 Å². The molecular formula is C15H30. The Morgan fingerprint density at radius 2 is 1.40 bits per heavy atom. The van der Waals surface area contributed by atoms with E-state index in [9.17, 15) is 0 Å². The van der Waals surface area contributed by atoms with Gasteiger partial charge >= 0.3 is 0 Å². The quantitative estimate of drug-likeness (QED) is 0.538. The van der Waals surface area contributed by atoms with E-state index in [1.807, 2.05) is 0 Å². The molecular weight excluding hydrogens is 180 g/mol. The molecule has 0 nitrogen and oxygen atoms in total. The average molecular weight is 210 g/mol. The third-order valence-electron chi connectivity index (χ3n) is 4.67. The van der Waals surface area contributed by atoms with E-state index in [2.05, 4.69) is 20.8 Å². The van der Waals surface area contributed by atoms with Crippen molar-refractivity contribution >= 4 is 0 Å². The second-order valence-electron chi connectivity index (χ2n) is 5.55. The Kier molecular flexibility index (Phi) is 5.71. The zero-order chi connectivity index (χ0) is 11.1. The average Bonchev–Trinajstić information content (AvgIpc) is 2.30. The van der Waals surface area contributed by atoms with E-state index in [-0.39, 0.29) is 0 Å². The maximum absolute atomic E-state index is 2.43. The predicted molar refractivity (Wildman–Crippen MR) is 69.1 cm³/mol. The van der Waals surface area contributed by atoms with E-state index in [4.69, 9.17) is 0 Å². The summed E-state index contributed by atoms with van der Waals surface area (Å²) in [6, 6.07) is 0. The number of hydrogen-bond donors (Lipinski definition) is 0. The standard InChI is InChI=1S/C15H30/c1-4-12-15(6-3,13-5-2)14-10-8-7-9-11-14/h14H,4-13H2,1-3H3. The summed E-state index contributed by atoms with van der Waals surface area (Å²) in [7, 11) is 0. The summed E-state index contributed by atoms with van der Waals surface area (Å²) >= 11 is 0. The Labute approximate surface area is 96.8 Å². The van der Waals surface area contributed by atoms with Crippen LogP contribution < -0.4 is 0 Å². The Morgan fingerprint density at radius 1 is 0.867 bits per heavy atom. The van der Waals surface area contributed by atoms with Gasteiger partial charge in [0, 0.05) is 0 Å². The highest BCUT2D eigenvalue weighted by Gasteiger charge is 2.35. The lowest BCUT2D eigenvalue weighted by molar-refractivity contribution is 0.0846. The first-order valence-electron chi connectivity index (χ1n) is 7.29. The van der Waals surface area contributed by atoms with E-state index in [1.54, 1.807) is 0 Å². The highest BCUT2D eigenvalue weighted by atomic mass is 14.4. The van der Waals surface area contributed by atoms with Gasteiger partial charge in [-0.1, -0.05) is 59.3 Å². The smallest absolute Gasteiger partial charge is 0.0272 e. The van der Waals surface area contributed by atoms with Crippen LogP contribution in [0.3, 0.4) is 0 Å². The molecule has 0 amide bonds. The van der Waals surface area contributed by atoms with Crippen molar-refractivity contribution in [3.05, 3.63) is 0 Å². The maximum Gasteiger partial charge on any atom is -0.0272 e. The molecule has 0 radical (unpaired) electrons. The van der Waals surface area contributed by atoms with Crippen LogP contribution in [0, 0.1) is 11.3 Å². The van der Waals surface area contributed by atoms with Crippen LogP contribution in [-0.4, -0.2) is 0 Å². The normalized spacial score (nSPS) is 19.4. The molecule has 0 aromatic heterocycles. The molecule has 0 bridgehead atoms. The molecule has 0 N–H and O–H groups in total. The molecule has 0 aliphatic heterocycles. The fraction of sp³-hybridized carbons (Fsp3) is 1.00. The van der Waals surface area contributed by atoms with Gasteiger partial charge in [0.25, 0.3) is 0 Å². The number of hydrogen-bond acceptors (Lipinski definition) is 0. The lowest BCUT2D eigenvalue weighted by Crippen LogP contribution is -2.31. The molecule has 1 aliphatic carbocycles. The van der Waals surface area contributed by atoms with Gasteiger partial charge in [-0.15, -0.1) is 0 Å². The molecule has 15 heavy (non-hydrogen) atoms. The van der Waals surface area contributed by atoms with Crippen molar-refractivity contribution in [1.82, 2.24) is 0 Å². The fourth-order valence-electron chi connectivity index (χ4n) is 3.89. The highest BCUT2D eigenvalue weighted by molar-refractivity contribution is 4.86. The van der Waals surface area contributed by atoms with Gasteiger partial charge in [-0.25, -0.2) is 0 Å². The summed E-state index contributed by atoms with van der Waals surface area (Å²) in [4.78, 5) is 0.